The molecule has 1 aliphatic rings. The first-order valence-electron chi connectivity index (χ1n) is 5.62. The lowest BCUT2D eigenvalue weighted by molar-refractivity contribution is 0.0657. The first-order chi connectivity index (χ1) is 7.88. The third kappa shape index (κ3) is 3.35. The third-order valence-corrected chi connectivity index (χ3v) is 2.84. The summed E-state index contributed by atoms with van der Waals surface area (Å²) < 4.78 is 10.9. The summed E-state index contributed by atoms with van der Waals surface area (Å²) in [6.45, 7) is 1.35. The fourth-order valence-electron chi connectivity index (χ4n) is 1.82. The average Bonchev–Trinajstić information content (AvgIpc) is 2.95. The fraction of sp³-hybridized carbons (Fsp3) is 0.800. The van der Waals surface area contributed by atoms with Crippen molar-refractivity contribution in [3.05, 3.63) is 5.89 Å². The summed E-state index contributed by atoms with van der Waals surface area (Å²) in [5, 5.41) is 10.5. The van der Waals surface area contributed by atoms with Crippen LogP contribution in [-0.2, 0) is 10.6 Å². The monoisotopic (exact) mass is 245 g/mol. The molecule has 0 amide bonds. The summed E-state index contributed by atoms with van der Waals surface area (Å²) >= 11 is 5.54. The second-order valence-corrected chi connectivity index (χ2v) is 4.11. The fourth-order valence-corrected chi connectivity index (χ4v) is 1.93. The van der Waals surface area contributed by atoms with Crippen LogP contribution >= 0.6 is 11.6 Å². The molecule has 0 radical (unpaired) electrons. The van der Waals surface area contributed by atoms with Crippen LogP contribution in [0.25, 0.3) is 0 Å². The van der Waals surface area contributed by atoms with E-state index in [1.807, 2.05) is 0 Å². The Bertz CT molecular complexity index is 313. The van der Waals surface area contributed by atoms with Gasteiger partial charge in [0, 0.05) is 6.54 Å². The molecule has 1 fully saturated rings. The quantitative estimate of drug-likeness (QED) is 0.615. The van der Waals surface area contributed by atoms with Crippen LogP contribution in [0.3, 0.4) is 0 Å². The number of anilines is 1. The summed E-state index contributed by atoms with van der Waals surface area (Å²) in [5.74, 6) is 0.675. The van der Waals surface area contributed by atoms with Crippen molar-refractivity contribution in [3.8, 4) is 0 Å². The molecule has 0 bridgehead atoms. The van der Waals surface area contributed by atoms with E-state index in [0.717, 1.165) is 0 Å². The van der Waals surface area contributed by atoms with Crippen LogP contribution in [0, 0.1) is 0 Å². The summed E-state index contributed by atoms with van der Waals surface area (Å²) in [4.78, 5) is 0. The molecule has 1 saturated carbocycles. The number of ether oxygens (including phenoxy) is 1. The first-order valence-corrected chi connectivity index (χ1v) is 6.16. The molecule has 90 valence electrons. The van der Waals surface area contributed by atoms with Crippen molar-refractivity contribution in [1.29, 1.82) is 0 Å². The first kappa shape index (κ1) is 11.7. The number of nitrogens with zero attached hydrogens (tertiary/aromatic N) is 2. The molecule has 0 aromatic carbocycles. The van der Waals surface area contributed by atoms with Gasteiger partial charge in [0.2, 0.25) is 5.89 Å². The van der Waals surface area contributed by atoms with Gasteiger partial charge in [0.05, 0.1) is 12.7 Å². The van der Waals surface area contributed by atoms with Crippen LogP contribution in [0.1, 0.15) is 31.6 Å². The number of aromatic nitrogens is 2. The molecule has 1 heterocycles. The van der Waals surface area contributed by atoms with Crippen LogP contribution in [0.2, 0.25) is 0 Å². The molecule has 0 spiro atoms. The highest BCUT2D eigenvalue weighted by atomic mass is 35.5. The Balaban J connectivity index is 1.60. The molecule has 1 aromatic heterocycles. The van der Waals surface area contributed by atoms with Gasteiger partial charge in [0.25, 0.3) is 0 Å². The highest BCUT2D eigenvalue weighted by Gasteiger charge is 2.14. The number of alkyl halides is 1. The van der Waals surface area contributed by atoms with Crippen LogP contribution < -0.4 is 5.32 Å². The molecular formula is C10H16ClN3O2. The van der Waals surface area contributed by atoms with Crippen molar-refractivity contribution in [2.75, 3.05) is 18.5 Å². The summed E-state index contributed by atoms with van der Waals surface area (Å²) in [5.41, 5.74) is 0. The molecule has 1 aliphatic carbocycles. The van der Waals surface area contributed by atoms with Crippen molar-refractivity contribution in [1.82, 2.24) is 10.2 Å². The third-order valence-electron chi connectivity index (χ3n) is 2.62. The van der Waals surface area contributed by atoms with Gasteiger partial charge < -0.3 is 14.5 Å². The topological polar surface area (TPSA) is 60.2 Å². The van der Waals surface area contributed by atoms with E-state index in [2.05, 4.69) is 15.5 Å². The number of rotatable bonds is 6. The van der Waals surface area contributed by atoms with Crippen LogP contribution in [0.4, 0.5) is 6.01 Å². The molecule has 6 heteroatoms. The van der Waals surface area contributed by atoms with Crippen molar-refractivity contribution >= 4 is 17.6 Å². The van der Waals surface area contributed by atoms with Gasteiger partial charge in [-0.05, 0) is 12.8 Å². The number of halogens is 1. The van der Waals surface area contributed by atoms with Crippen molar-refractivity contribution in [2.24, 2.45) is 0 Å². The van der Waals surface area contributed by atoms with E-state index < -0.39 is 0 Å². The van der Waals surface area contributed by atoms with E-state index in [-0.39, 0.29) is 5.88 Å². The Labute approximate surface area is 99.5 Å². The summed E-state index contributed by atoms with van der Waals surface area (Å²) in [6.07, 6.45) is 5.41. The molecule has 0 atom stereocenters. The molecule has 1 aromatic rings. The van der Waals surface area contributed by atoms with E-state index in [4.69, 9.17) is 20.8 Å². The standard InChI is InChI=1S/C10H16ClN3O2/c11-7-9-13-14-10(16-9)12-5-6-15-8-3-1-2-4-8/h8H,1-7H2,(H,12,14). The van der Waals surface area contributed by atoms with Gasteiger partial charge in [-0.25, -0.2) is 0 Å². The molecule has 16 heavy (non-hydrogen) atoms. The van der Waals surface area contributed by atoms with Crippen LogP contribution in [-0.4, -0.2) is 29.5 Å². The average molecular weight is 246 g/mol. The second-order valence-electron chi connectivity index (χ2n) is 3.84. The lowest BCUT2D eigenvalue weighted by Crippen LogP contribution is -2.15. The normalized spacial score (nSPS) is 16.8. The Morgan fingerprint density at radius 2 is 2.19 bits per heavy atom. The maximum absolute atomic E-state index is 5.68. The highest BCUT2D eigenvalue weighted by Crippen LogP contribution is 2.20. The lowest BCUT2D eigenvalue weighted by Gasteiger charge is -2.10. The predicted octanol–water partition coefficient (Wildman–Crippen LogP) is 2.18. The van der Waals surface area contributed by atoms with Gasteiger partial charge in [0.1, 0.15) is 5.88 Å². The second kappa shape index (κ2) is 6.06. The molecule has 0 aliphatic heterocycles. The van der Waals surface area contributed by atoms with Gasteiger partial charge in [-0.2, -0.15) is 0 Å². The summed E-state index contributed by atoms with van der Waals surface area (Å²) in [7, 11) is 0. The summed E-state index contributed by atoms with van der Waals surface area (Å²) in [6, 6.07) is 0.408. The Kier molecular flexibility index (Phi) is 4.42. The maximum Gasteiger partial charge on any atom is 0.315 e. The number of nitrogens with one attached hydrogen (secondary N) is 1. The highest BCUT2D eigenvalue weighted by molar-refractivity contribution is 6.16. The number of hydrogen-bond acceptors (Lipinski definition) is 5. The van der Waals surface area contributed by atoms with Gasteiger partial charge in [-0.15, -0.1) is 16.7 Å². The van der Waals surface area contributed by atoms with Crippen molar-refractivity contribution in [3.63, 3.8) is 0 Å². The van der Waals surface area contributed by atoms with E-state index in [0.29, 0.717) is 31.2 Å². The zero-order chi connectivity index (χ0) is 11.2. The van der Waals surface area contributed by atoms with Crippen LogP contribution in [0.15, 0.2) is 4.42 Å². The lowest BCUT2D eigenvalue weighted by atomic mass is 10.3. The van der Waals surface area contributed by atoms with Gasteiger partial charge in [-0.1, -0.05) is 17.9 Å². The van der Waals surface area contributed by atoms with E-state index in [9.17, 15) is 0 Å². The number of hydrogen-bond donors (Lipinski definition) is 1. The molecule has 2 rings (SSSR count). The van der Waals surface area contributed by atoms with Crippen molar-refractivity contribution < 1.29 is 9.15 Å². The molecule has 5 nitrogen and oxygen atoms in total. The van der Waals surface area contributed by atoms with E-state index in [1.165, 1.54) is 25.7 Å². The van der Waals surface area contributed by atoms with Gasteiger partial charge >= 0.3 is 6.01 Å². The molecular weight excluding hydrogens is 230 g/mol. The van der Waals surface area contributed by atoms with E-state index in [1.54, 1.807) is 0 Å². The zero-order valence-electron chi connectivity index (χ0n) is 9.12. The minimum Gasteiger partial charge on any atom is -0.407 e. The van der Waals surface area contributed by atoms with E-state index >= 15 is 0 Å². The van der Waals surface area contributed by atoms with Gasteiger partial charge in [0.15, 0.2) is 0 Å². The minimum atomic E-state index is 0.243. The Morgan fingerprint density at radius 1 is 1.38 bits per heavy atom. The zero-order valence-corrected chi connectivity index (χ0v) is 9.87. The maximum atomic E-state index is 5.68. The largest absolute Gasteiger partial charge is 0.407 e. The predicted molar refractivity (Wildman–Crippen MR) is 60.6 cm³/mol. The minimum absolute atomic E-state index is 0.243. The molecule has 1 N–H and O–H groups in total. The Morgan fingerprint density at radius 3 is 2.88 bits per heavy atom. The van der Waals surface area contributed by atoms with Crippen LogP contribution in [0.5, 0.6) is 0 Å². The van der Waals surface area contributed by atoms with Gasteiger partial charge in [-0.3, -0.25) is 0 Å². The Hall–Kier alpha value is -0.810. The molecule has 0 unspecified atom stereocenters. The van der Waals surface area contributed by atoms with Crippen molar-refractivity contribution in [2.45, 2.75) is 37.7 Å². The smallest absolute Gasteiger partial charge is 0.315 e. The SMILES string of the molecule is ClCc1nnc(NCCOC2CCCC2)o1. The molecule has 0 saturated heterocycles.